The lowest BCUT2D eigenvalue weighted by Crippen LogP contribution is -2.34. The third-order valence-electron chi connectivity index (χ3n) is 2.67. The number of nitrogen functional groups attached to an aromatic ring is 1. The minimum absolute atomic E-state index is 0.421. The Bertz CT molecular complexity index is 416. The number of nitriles is 1. The average molecular weight is 231 g/mol. The maximum absolute atomic E-state index is 8.86. The zero-order valence-electron chi connectivity index (χ0n) is 11.1. The smallest absolute Gasteiger partial charge is 0.101 e. The van der Waals surface area contributed by atoms with Crippen molar-refractivity contribution in [3.05, 3.63) is 23.8 Å². The summed E-state index contributed by atoms with van der Waals surface area (Å²) in [5.74, 6) is 0.592. The summed E-state index contributed by atoms with van der Waals surface area (Å²) in [7, 11) is 0. The lowest BCUT2D eigenvalue weighted by atomic mass is 10.1. The molecule has 0 aliphatic carbocycles. The van der Waals surface area contributed by atoms with Crippen LogP contribution in [0.5, 0.6) is 0 Å². The van der Waals surface area contributed by atoms with Gasteiger partial charge in [-0.25, -0.2) is 0 Å². The highest BCUT2D eigenvalue weighted by Gasteiger charge is 2.13. The van der Waals surface area contributed by atoms with Gasteiger partial charge in [0.15, 0.2) is 0 Å². The second-order valence-electron chi connectivity index (χ2n) is 5.02. The molecule has 3 nitrogen and oxygen atoms in total. The van der Waals surface area contributed by atoms with Gasteiger partial charge in [-0.1, -0.05) is 13.8 Å². The SMILES string of the molecule is CC(C)CN(c1ccc(C#N)c(N)c1)C(C)C. The minimum atomic E-state index is 0.421. The van der Waals surface area contributed by atoms with Crippen LogP contribution in [0.25, 0.3) is 0 Å². The summed E-state index contributed by atoms with van der Waals surface area (Å²) >= 11 is 0. The lowest BCUT2D eigenvalue weighted by Gasteiger charge is -2.31. The van der Waals surface area contributed by atoms with Crippen LogP contribution in [0.15, 0.2) is 18.2 Å². The third-order valence-corrected chi connectivity index (χ3v) is 2.67. The van der Waals surface area contributed by atoms with Crippen LogP contribution >= 0.6 is 0 Å². The van der Waals surface area contributed by atoms with E-state index >= 15 is 0 Å². The fourth-order valence-corrected chi connectivity index (χ4v) is 1.84. The van der Waals surface area contributed by atoms with Crippen molar-refractivity contribution in [3.8, 4) is 6.07 Å². The fourth-order valence-electron chi connectivity index (χ4n) is 1.84. The first-order valence-electron chi connectivity index (χ1n) is 6.02. The summed E-state index contributed by atoms with van der Waals surface area (Å²) in [6.07, 6.45) is 0. The minimum Gasteiger partial charge on any atom is -0.398 e. The molecule has 2 N–H and O–H groups in total. The van der Waals surface area contributed by atoms with E-state index in [1.165, 1.54) is 0 Å². The lowest BCUT2D eigenvalue weighted by molar-refractivity contribution is 0.571. The van der Waals surface area contributed by atoms with Crippen molar-refractivity contribution in [1.29, 1.82) is 5.26 Å². The van der Waals surface area contributed by atoms with Gasteiger partial charge in [0.1, 0.15) is 6.07 Å². The van der Waals surface area contributed by atoms with Gasteiger partial charge in [-0.05, 0) is 38.0 Å². The van der Waals surface area contributed by atoms with E-state index in [9.17, 15) is 0 Å². The van der Waals surface area contributed by atoms with Crippen molar-refractivity contribution in [2.24, 2.45) is 5.92 Å². The van der Waals surface area contributed by atoms with E-state index in [-0.39, 0.29) is 0 Å². The molecule has 1 rings (SSSR count). The van der Waals surface area contributed by atoms with E-state index in [0.717, 1.165) is 12.2 Å². The van der Waals surface area contributed by atoms with Gasteiger partial charge in [0, 0.05) is 18.3 Å². The number of anilines is 2. The normalized spacial score (nSPS) is 10.6. The molecule has 17 heavy (non-hydrogen) atoms. The molecule has 0 amide bonds. The summed E-state index contributed by atoms with van der Waals surface area (Å²) in [5, 5.41) is 8.86. The first-order chi connectivity index (χ1) is 7.95. The van der Waals surface area contributed by atoms with Gasteiger partial charge in [-0.15, -0.1) is 0 Å². The molecular weight excluding hydrogens is 210 g/mol. The third kappa shape index (κ3) is 3.39. The summed E-state index contributed by atoms with van der Waals surface area (Å²) < 4.78 is 0. The summed E-state index contributed by atoms with van der Waals surface area (Å²) in [6.45, 7) is 9.71. The van der Waals surface area contributed by atoms with Crippen LogP contribution in [0, 0.1) is 17.2 Å². The van der Waals surface area contributed by atoms with Crippen molar-refractivity contribution in [1.82, 2.24) is 0 Å². The van der Waals surface area contributed by atoms with Gasteiger partial charge >= 0.3 is 0 Å². The number of benzene rings is 1. The predicted molar refractivity (Wildman–Crippen MR) is 72.9 cm³/mol. The van der Waals surface area contributed by atoms with Crippen LogP contribution in [0.4, 0.5) is 11.4 Å². The van der Waals surface area contributed by atoms with Crippen molar-refractivity contribution < 1.29 is 0 Å². The molecule has 0 fully saturated rings. The van der Waals surface area contributed by atoms with Gasteiger partial charge < -0.3 is 10.6 Å². The predicted octanol–water partition coefficient (Wildman–Crippen LogP) is 3.01. The van der Waals surface area contributed by atoms with Crippen LogP contribution < -0.4 is 10.6 Å². The molecule has 0 radical (unpaired) electrons. The van der Waals surface area contributed by atoms with Gasteiger partial charge in [0.2, 0.25) is 0 Å². The van der Waals surface area contributed by atoms with Crippen LogP contribution in [0.3, 0.4) is 0 Å². The molecule has 0 unspecified atom stereocenters. The van der Waals surface area contributed by atoms with E-state index in [1.54, 1.807) is 6.07 Å². The quantitative estimate of drug-likeness (QED) is 0.810. The molecule has 0 aliphatic heterocycles. The Hall–Kier alpha value is -1.69. The maximum atomic E-state index is 8.86. The van der Waals surface area contributed by atoms with Gasteiger partial charge in [0.05, 0.1) is 11.3 Å². The van der Waals surface area contributed by atoms with Crippen LogP contribution in [-0.2, 0) is 0 Å². The number of nitrogens with zero attached hydrogens (tertiary/aromatic N) is 2. The molecule has 0 bridgehead atoms. The van der Waals surface area contributed by atoms with E-state index in [0.29, 0.717) is 23.2 Å². The van der Waals surface area contributed by atoms with Crippen LogP contribution in [0.2, 0.25) is 0 Å². The van der Waals surface area contributed by atoms with Crippen molar-refractivity contribution >= 4 is 11.4 Å². The van der Waals surface area contributed by atoms with Crippen molar-refractivity contribution in [2.45, 2.75) is 33.7 Å². The Labute approximate surface area is 104 Å². The van der Waals surface area contributed by atoms with Gasteiger partial charge in [-0.3, -0.25) is 0 Å². The average Bonchev–Trinajstić information content (AvgIpc) is 2.25. The molecular formula is C14H21N3. The summed E-state index contributed by atoms with van der Waals surface area (Å²) in [4.78, 5) is 2.31. The van der Waals surface area contributed by atoms with Crippen molar-refractivity contribution in [2.75, 3.05) is 17.2 Å². The Kier molecular flexibility index (Phi) is 4.39. The van der Waals surface area contributed by atoms with Crippen LogP contribution in [0.1, 0.15) is 33.3 Å². The van der Waals surface area contributed by atoms with Gasteiger partial charge in [-0.2, -0.15) is 5.26 Å². The molecule has 3 heteroatoms. The molecule has 0 atom stereocenters. The van der Waals surface area contributed by atoms with E-state index < -0.39 is 0 Å². The maximum Gasteiger partial charge on any atom is 0.101 e. The summed E-state index contributed by atoms with van der Waals surface area (Å²) in [6, 6.07) is 8.16. The first kappa shape index (κ1) is 13.4. The van der Waals surface area contributed by atoms with Gasteiger partial charge in [0.25, 0.3) is 0 Å². The molecule has 0 heterocycles. The first-order valence-corrected chi connectivity index (χ1v) is 6.02. The molecule has 0 spiro atoms. The Balaban J connectivity index is 3.03. The number of hydrogen-bond acceptors (Lipinski definition) is 3. The van der Waals surface area contributed by atoms with E-state index in [1.807, 2.05) is 12.1 Å². The monoisotopic (exact) mass is 231 g/mol. The highest BCUT2D eigenvalue weighted by molar-refractivity contribution is 5.63. The zero-order valence-corrected chi connectivity index (χ0v) is 11.1. The topological polar surface area (TPSA) is 53.0 Å². The molecule has 92 valence electrons. The fraction of sp³-hybridized carbons (Fsp3) is 0.500. The Morgan fingerprint density at radius 1 is 1.29 bits per heavy atom. The molecule has 0 saturated carbocycles. The molecule has 0 saturated heterocycles. The molecule has 1 aromatic rings. The highest BCUT2D eigenvalue weighted by Crippen LogP contribution is 2.23. The van der Waals surface area contributed by atoms with Crippen LogP contribution in [-0.4, -0.2) is 12.6 Å². The largest absolute Gasteiger partial charge is 0.398 e. The van der Waals surface area contributed by atoms with E-state index in [4.69, 9.17) is 11.0 Å². The number of nitrogens with two attached hydrogens (primary N) is 1. The zero-order chi connectivity index (χ0) is 13.0. The molecule has 0 aliphatic rings. The highest BCUT2D eigenvalue weighted by atomic mass is 15.2. The molecule has 1 aromatic carbocycles. The second-order valence-corrected chi connectivity index (χ2v) is 5.02. The second kappa shape index (κ2) is 5.58. The van der Waals surface area contributed by atoms with E-state index in [2.05, 4.69) is 38.7 Å². The number of hydrogen-bond donors (Lipinski definition) is 1. The standard InChI is InChI=1S/C14H21N3/c1-10(2)9-17(11(3)4)13-6-5-12(8-15)14(16)7-13/h5-7,10-11H,9,16H2,1-4H3. The Morgan fingerprint density at radius 2 is 1.94 bits per heavy atom. The number of rotatable bonds is 4. The summed E-state index contributed by atoms with van der Waals surface area (Å²) in [5.41, 5.74) is 8.04. The molecule has 0 aromatic heterocycles. The Morgan fingerprint density at radius 3 is 2.35 bits per heavy atom. The van der Waals surface area contributed by atoms with Crippen molar-refractivity contribution in [3.63, 3.8) is 0 Å².